The fourth-order valence-electron chi connectivity index (χ4n) is 2.58. The zero-order valence-electron chi connectivity index (χ0n) is 10.6. The molecule has 94 valence electrons. The van der Waals surface area contributed by atoms with E-state index in [1.54, 1.807) is 0 Å². The Bertz CT molecular complexity index is 476. The molecule has 1 N–H and O–H groups in total. The lowest BCUT2D eigenvalue weighted by Gasteiger charge is -2.16. The number of carbonyl (C=O) groups excluding carboxylic acids is 1. The monoisotopic (exact) mass is 242 g/mol. The van der Waals surface area contributed by atoms with Crippen molar-refractivity contribution >= 4 is 5.91 Å². The van der Waals surface area contributed by atoms with Crippen LogP contribution in [0.5, 0.6) is 0 Å². The third kappa shape index (κ3) is 2.53. The lowest BCUT2D eigenvalue weighted by molar-refractivity contribution is 0.0932. The quantitative estimate of drug-likeness (QED) is 0.886. The van der Waals surface area contributed by atoms with Crippen molar-refractivity contribution in [1.82, 2.24) is 5.32 Å². The number of benzene rings is 1. The summed E-state index contributed by atoms with van der Waals surface area (Å²) in [7, 11) is 0. The fraction of sp³-hybridized carbons (Fsp3) is 0.467. The average molecular weight is 242 g/mol. The Kier molecular flexibility index (Phi) is 3.99. The first-order chi connectivity index (χ1) is 8.76. The molecular weight excluding hydrogens is 224 g/mol. The van der Waals surface area contributed by atoms with E-state index >= 15 is 0 Å². The summed E-state index contributed by atoms with van der Waals surface area (Å²) in [5.74, 6) is -0.0673. The molecule has 0 spiro atoms. The zero-order valence-corrected chi connectivity index (χ0v) is 10.6. The van der Waals surface area contributed by atoms with Crippen LogP contribution in [0.4, 0.5) is 0 Å². The second kappa shape index (κ2) is 5.68. The van der Waals surface area contributed by atoms with Crippen molar-refractivity contribution in [2.75, 3.05) is 0 Å². The number of aryl methyl sites for hydroxylation is 1. The van der Waals surface area contributed by atoms with E-state index in [4.69, 9.17) is 5.26 Å². The molecule has 1 aliphatic carbocycles. The van der Waals surface area contributed by atoms with E-state index in [0.717, 1.165) is 36.8 Å². The molecule has 2 unspecified atom stereocenters. The van der Waals surface area contributed by atoms with Gasteiger partial charge in [0.15, 0.2) is 0 Å². The van der Waals surface area contributed by atoms with Crippen LogP contribution in [-0.2, 0) is 6.42 Å². The number of carbonyl (C=O) groups is 1. The Hall–Kier alpha value is -1.82. The number of nitriles is 1. The minimum atomic E-state index is -0.0420. The van der Waals surface area contributed by atoms with Gasteiger partial charge in [-0.15, -0.1) is 0 Å². The van der Waals surface area contributed by atoms with E-state index in [0.29, 0.717) is 0 Å². The summed E-state index contributed by atoms with van der Waals surface area (Å²) in [6.45, 7) is 2.04. The Labute approximate surface area is 108 Å². The van der Waals surface area contributed by atoms with E-state index in [1.165, 1.54) is 0 Å². The maximum absolute atomic E-state index is 12.2. The minimum Gasteiger partial charge on any atom is -0.348 e. The van der Waals surface area contributed by atoms with Gasteiger partial charge in [-0.2, -0.15) is 5.26 Å². The topological polar surface area (TPSA) is 52.9 Å². The molecule has 2 rings (SSSR count). The van der Waals surface area contributed by atoms with Crippen molar-refractivity contribution in [3.63, 3.8) is 0 Å². The van der Waals surface area contributed by atoms with E-state index in [1.807, 2.05) is 31.2 Å². The van der Waals surface area contributed by atoms with Crippen LogP contribution in [0.3, 0.4) is 0 Å². The van der Waals surface area contributed by atoms with Gasteiger partial charge >= 0.3 is 0 Å². The Morgan fingerprint density at radius 3 is 2.94 bits per heavy atom. The van der Waals surface area contributed by atoms with Crippen LogP contribution < -0.4 is 5.32 Å². The predicted molar refractivity (Wildman–Crippen MR) is 70.0 cm³/mol. The van der Waals surface area contributed by atoms with Gasteiger partial charge in [-0.1, -0.05) is 25.1 Å². The van der Waals surface area contributed by atoms with E-state index in [9.17, 15) is 4.79 Å². The van der Waals surface area contributed by atoms with Crippen LogP contribution in [0.1, 0.15) is 42.1 Å². The van der Waals surface area contributed by atoms with E-state index in [-0.39, 0.29) is 17.9 Å². The molecule has 1 amide bonds. The highest BCUT2D eigenvalue weighted by Crippen LogP contribution is 2.25. The first-order valence-corrected chi connectivity index (χ1v) is 6.54. The van der Waals surface area contributed by atoms with Crippen LogP contribution in [0.2, 0.25) is 0 Å². The van der Waals surface area contributed by atoms with Crippen LogP contribution in [0, 0.1) is 17.2 Å². The molecule has 0 aliphatic heterocycles. The van der Waals surface area contributed by atoms with Crippen molar-refractivity contribution in [3.8, 4) is 6.07 Å². The largest absolute Gasteiger partial charge is 0.348 e. The lowest BCUT2D eigenvalue weighted by Crippen LogP contribution is -2.37. The first-order valence-electron chi connectivity index (χ1n) is 6.54. The first kappa shape index (κ1) is 12.6. The summed E-state index contributed by atoms with van der Waals surface area (Å²) in [6.07, 6.45) is 3.68. The Morgan fingerprint density at radius 1 is 1.44 bits per heavy atom. The summed E-state index contributed by atoms with van der Waals surface area (Å²) in [5, 5.41) is 12.0. The number of nitrogens with zero attached hydrogens (tertiary/aromatic N) is 1. The molecule has 1 fully saturated rings. The molecular formula is C15H18N2O. The highest BCUT2D eigenvalue weighted by Gasteiger charge is 2.28. The number of hydrogen-bond donors (Lipinski definition) is 1. The third-order valence-electron chi connectivity index (χ3n) is 3.64. The maximum atomic E-state index is 12.2. The molecule has 0 heterocycles. The standard InChI is InChI=1S/C15H18N2O/c1-2-11-6-3-4-8-13(11)15(18)17-14-9-5-7-12(14)10-16/h3-4,6,8,12,14H,2,5,7,9H2,1H3,(H,17,18). The van der Waals surface area contributed by atoms with Crippen molar-refractivity contribution in [3.05, 3.63) is 35.4 Å². The van der Waals surface area contributed by atoms with Gasteiger partial charge in [0.2, 0.25) is 0 Å². The molecule has 0 saturated heterocycles. The van der Waals surface area contributed by atoms with Gasteiger partial charge in [-0.25, -0.2) is 0 Å². The number of nitrogens with one attached hydrogen (secondary N) is 1. The van der Waals surface area contributed by atoms with Crippen LogP contribution >= 0.6 is 0 Å². The summed E-state index contributed by atoms with van der Waals surface area (Å²) < 4.78 is 0. The van der Waals surface area contributed by atoms with Gasteiger partial charge in [0.1, 0.15) is 0 Å². The van der Waals surface area contributed by atoms with Crippen molar-refractivity contribution < 1.29 is 4.79 Å². The van der Waals surface area contributed by atoms with Gasteiger partial charge in [-0.3, -0.25) is 4.79 Å². The highest BCUT2D eigenvalue weighted by molar-refractivity contribution is 5.95. The van der Waals surface area contributed by atoms with Crippen molar-refractivity contribution in [2.24, 2.45) is 5.92 Å². The van der Waals surface area contributed by atoms with Crippen LogP contribution in [0.15, 0.2) is 24.3 Å². The van der Waals surface area contributed by atoms with Gasteiger partial charge in [0.25, 0.3) is 5.91 Å². The maximum Gasteiger partial charge on any atom is 0.251 e. The predicted octanol–water partition coefficient (Wildman–Crippen LogP) is 2.67. The third-order valence-corrected chi connectivity index (χ3v) is 3.64. The van der Waals surface area contributed by atoms with Crippen molar-refractivity contribution in [1.29, 1.82) is 5.26 Å². The molecule has 0 aromatic heterocycles. The van der Waals surface area contributed by atoms with Crippen LogP contribution in [-0.4, -0.2) is 11.9 Å². The Morgan fingerprint density at radius 2 is 2.22 bits per heavy atom. The van der Waals surface area contributed by atoms with Gasteiger partial charge in [-0.05, 0) is 37.3 Å². The summed E-state index contributed by atoms with van der Waals surface area (Å²) >= 11 is 0. The zero-order chi connectivity index (χ0) is 13.0. The molecule has 1 saturated carbocycles. The highest BCUT2D eigenvalue weighted by atomic mass is 16.1. The number of amides is 1. The molecule has 0 bridgehead atoms. The number of hydrogen-bond acceptors (Lipinski definition) is 2. The average Bonchev–Trinajstić information content (AvgIpc) is 2.85. The minimum absolute atomic E-state index is 0.0208. The van der Waals surface area contributed by atoms with Crippen LogP contribution in [0.25, 0.3) is 0 Å². The smallest absolute Gasteiger partial charge is 0.251 e. The van der Waals surface area contributed by atoms with Gasteiger partial charge < -0.3 is 5.32 Å². The molecule has 1 aliphatic rings. The normalized spacial score (nSPS) is 22.4. The van der Waals surface area contributed by atoms with Gasteiger partial charge in [0.05, 0.1) is 12.0 Å². The fourth-order valence-corrected chi connectivity index (χ4v) is 2.58. The second-order valence-corrected chi connectivity index (χ2v) is 4.76. The molecule has 1 aromatic rings. The summed E-state index contributed by atoms with van der Waals surface area (Å²) in [6, 6.07) is 9.96. The van der Waals surface area contributed by atoms with E-state index in [2.05, 4.69) is 11.4 Å². The Balaban J connectivity index is 2.10. The molecule has 0 radical (unpaired) electrons. The molecule has 3 nitrogen and oxygen atoms in total. The summed E-state index contributed by atoms with van der Waals surface area (Å²) in [5.41, 5.74) is 1.80. The van der Waals surface area contributed by atoms with E-state index < -0.39 is 0 Å². The van der Waals surface area contributed by atoms with Crippen molar-refractivity contribution in [2.45, 2.75) is 38.6 Å². The lowest BCUT2D eigenvalue weighted by atomic mass is 10.0. The molecule has 3 heteroatoms. The number of rotatable bonds is 3. The summed E-state index contributed by atoms with van der Waals surface area (Å²) in [4.78, 5) is 12.2. The SMILES string of the molecule is CCc1ccccc1C(=O)NC1CCCC1C#N. The molecule has 2 atom stereocenters. The molecule has 1 aromatic carbocycles. The molecule has 18 heavy (non-hydrogen) atoms. The second-order valence-electron chi connectivity index (χ2n) is 4.76. The van der Waals surface area contributed by atoms with Gasteiger partial charge in [0, 0.05) is 11.6 Å².